The second-order valence-electron chi connectivity index (χ2n) is 5.68. The average molecular weight is 398 g/mol. The third-order valence-electron chi connectivity index (χ3n) is 3.61. The fraction of sp³-hybridized carbons (Fsp3) is 0.190. The maximum Gasteiger partial charge on any atom is 0.253 e. The minimum Gasteiger partial charge on any atom is -0.494 e. The SMILES string of the molecule is CCNC(=O)c1ccccc1NC(=S)NC(=O)/C=C/c1ccc(OCC)cc1. The van der Waals surface area contributed by atoms with Crippen molar-refractivity contribution in [2.45, 2.75) is 13.8 Å². The molecule has 0 aliphatic carbocycles. The molecule has 2 aromatic rings. The van der Waals surface area contributed by atoms with Crippen molar-refractivity contribution in [2.75, 3.05) is 18.5 Å². The highest BCUT2D eigenvalue weighted by Gasteiger charge is 2.11. The summed E-state index contributed by atoms with van der Waals surface area (Å²) in [5.74, 6) is 0.192. The van der Waals surface area contributed by atoms with Crippen molar-refractivity contribution >= 4 is 40.9 Å². The molecular formula is C21H23N3O3S. The van der Waals surface area contributed by atoms with Crippen molar-refractivity contribution in [1.82, 2.24) is 10.6 Å². The second-order valence-corrected chi connectivity index (χ2v) is 6.09. The van der Waals surface area contributed by atoms with E-state index in [-0.39, 0.29) is 16.9 Å². The fourth-order valence-corrected chi connectivity index (χ4v) is 2.58. The number of ether oxygens (including phenoxy) is 1. The van der Waals surface area contributed by atoms with E-state index in [0.29, 0.717) is 24.4 Å². The molecule has 0 fully saturated rings. The molecule has 0 saturated carbocycles. The van der Waals surface area contributed by atoms with Gasteiger partial charge in [-0.05, 0) is 62.0 Å². The summed E-state index contributed by atoms with van der Waals surface area (Å²) >= 11 is 5.17. The lowest BCUT2D eigenvalue weighted by Gasteiger charge is -2.12. The van der Waals surface area contributed by atoms with Gasteiger partial charge in [-0.3, -0.25) is 14.9 Å². The van der Waals surface area contributed by atoms with E-state index in [1.807, 2.05) is 38.1 Å². The molecule has 0 bridgehead atoms. The number of anilines is 1. The molecule has 0 unspecified atom stereocenters. The molecule has 2 amide bonds. The molecule has 7 heteroatoms. The maximum atomic E-state index is 12.1. The first-order chi connectivity index (χ1) is 13.5. The Kier molecular flexibility index (Phi) is 8.17. The van der Waals surface area contributed by atoms with Gasteiger partial charge in [0.25, 0.3) is 5.91 Å². The molecule has 146 valence electrons. The van der Waals surface area contributed by atoms with E-state index in [2.05, 4.69) is 16.0 Å². The van der Waals surface area contributed by atoms with Gasteiger partial charge in [0, 0.05) is 12.6 Å². The summed E-state index contributed by atoms with van der Waals surface area (Å²) in [6, 6.07) is 14.3. The Morgan fingerprint density at radius 3 is 2.46 bits per heavy atom. The van der Waals surface area contributed by atoms with E-state index in [1.165, 1.54) is 6.08 Å². The van der Waals surface area contributed by atoms with Gasteiger partial charge in [-0.25, -0.2) is 0 Å². The van der Waals surface area contributed by atoms with Gasteiger partial charge in [0.05, 0.1) is 17.9 Å². The molecule has 0 aromatic heterocycles. The summed E-state index contributed by atoms with van der Waals surface area (Å²) < 4.78 is 5.38. The molecule has 0 saturated heterocycles. The lowest BCUT2D eigenvalue weighted by Crippen LogP contribution is -2.34. The van der Waals surface area contributed by atoms with Crippen molar-refractivity contribution in [3.8, 4) is 5.75 Å². The number of hydrogen-bond acceptors (Lipinski definition) is 4. The number of amides is 2. The highest BCUT2D eigenvalue weighted by Crippen LogP contribution is 2.15. The van der Waals surface area contributed by atoms with Crippen LogP contribution in [0.5, 0.6) is 5.75 Å². The van der Waals surface area contributed by atoms with Crippen molar-refractivity contribution in [2.24, 2.45) is 0 Å². The van der Waals surface area contributed by atoms with Crippen LogP contribution in [0.3, 0.4) is 0 Å². The van der Waals surface area contributed by atoms with Gasteiger partial charge in [-0.15, -0.1) is 0 Å². The van der Waals surface area contributed by atoms with Crippen molar-refractivity contribution in [3.05, 3.63) is 65.7 Å². The van der Waals surface area contributed by atoms with E-state index in [0.717, 1.165) is 11.3 Å². The number of rotatable bonds is 7. The highest BCUT2D eigenvalue weighted by atomic mass is 32.1. The zero-order valence-electron chi connectivity index (χ0n) is 15.8. The Morgan fingerprint density at radius 1 is 1.07 bits per heavy atom. The molecule has 0 radical (unpaired) electrons. The number of thiocarbonyl (C=S) groups is 1. The number of hydrogen-bond donors (Lipinski definition) is 3. The van der Waals surface area contributed by atoms with E-state index in [9.17, 15) is 9.59 Å². The molecule has 2 aromatic carbocycles. The van der Waals surface area contributed by atoms with E-state index >= 15 is 0 Å². The van der Waals surface area contributed by atoms with Crippen LogP contribution in [0.4, 0.5) is 5.69 Å². The minimum atomic E-state index is -0.373. The van der Waals surface area contributed by atoms with E-state index < -0.39 is 0 Å². The summed E-state index contributed by atoms with van der Waals surface area (Å²) in [4.78, 5) is 24.2. The van der Waals surface area contributed by atoms with Gasteiger partial charge in [-0.2, -0.15) is 0 Å². The van der Waals surface area contributed by atoms with Crippen LogP contribution in [-0.2, 0) is 4.79 Å². The largest absolute Gasteiger partial charge is 0.494 e. The summed E-state index contributed by atoms with van der Waals surface area (Å²) in [6.45, 7) is 4.88. The van der Waals surface area contributed by atoms with Gasteiger partial charge in [-0.1, -0.05) is 24.3 Å². The number of carbonyl (C=O) groups is 2. The second kappa shape index (κ2) is 10.8. The lowest BCUT2D eigenvalue weighted by atomic mass is 10.1. The first-order valence-electron chi connectivity index (χ1n) is 8.93. The fourth-order valence-electron chi connectivity index (χ4n) is 2.37. The van der Waals surface area contributed by atoms with Crippen LogP contribution >= 0.6 is 12.2 Å². The zero-order valence-corrected chi connectivity index (χ0v) is 16.6. The molecule has 0 aliphatic rings. The molecule has 0 atom stereocenters. The van der Waals surface area contributed by atoms with Crippen molar-refractivity contribution in [3.63, 3.8) is 0 Å². The summed E-state index contributed by atoms with van der Waals surface area (Å²) in [5, 5.41) is 8.30. The molecule has 0 aliphatic heterocycles. The number of carbonyl (C=O) groups excluding carboxylic acids is 2. The van der Waals surface area contributed by atoms with Crippen LogP contribution in [0.15, 0.2) is 54.6 Å². The summed E-state index contributed by atoms with van der Waals surface area (Å²) in [5.41, 5.74) is 1.83. The van der Waals surface area contributed by atoms with Crippen LogP contribution < -0.4 is 20.7 Å². The van der Waals surface area contributed by atoms with E-state index in [1.54, 1.807) is 30.3 Å². The van der Waals surface area contributed by atoms with Gasteiger partial charge in [0.2, 0.25) is 5.91 Å². The topological polar surface area (TPSA) is 79.5 Å². The third kappa shape index (κ3) is 6.51. The Labute approximate surface area is 170 Å². The summed E-state index contributed by atoms with van der Waals surface area (Å²) in [7, 11) is 0. The zero-order chi connectivity index (χ0) is 20.4. The van der Waals surface area contributed by atoms with Crippen LogP contribution in [0, 0.1) is 0 Å². The van der Waals surface area contributed by atoms with Crippen molar-refractivity contribution < 1.29 is 14.3 Å². The van der Waals surface area contributed by atoms with Gasteiger partial charge < -0.3 is 15.4 Å². The number of benzene rings is 2. The molecular weight excluding hydrogens is 374 g/mol. The van der Waals surface area contributed by atoms with Crippen LogP contribution in [0.2, 0.25) is 0 Å². The van der Waals surface area contributed by atoms with Gasteiger partial charge >= 0.3 is 0 Å². The van der Waals surface area contributed by atoms with Crippen LogP contribution in [-0.4, -0.2) is 30.1 Å². The maximum absolute atomic E-state index is 12.1. The molecule has 28 heavy (non-hydrogen) atoms. The lowest BCUT2D eigenvalue weighted by molar-refractivity contribution is -0.115. The van der Waals surface area contributed by atoms with Crippen LogP contribution in [0.1, 0.15) is 29.8 Å². The van der Waals surface area contributed by atoms with Crippen molar-refractivity contribution in [1.29, 1.82) is 0 Å². The summed E-state index contributed by atoms with van der Waals surface area (Å²) in [6.07, 6.45) is 3.07. The predicted molar refractivity (Wildman–Crippen MR) is 115 cm³/mol. The first kappa shape index (κ1) is 21.1. The standard InChI is InChI=1S/C21H23N3O3S/c1-3-22-20(26)17-7-5-6-8-18(17)23-21(28)24-19(25)14-11-15-9-12-16(13-10-15)27-4-2/h5-14H,3-4H2,1-2H3,(H,22,26)(H2,23,24,25,28)/b14-11+. The van der Waals surface area contributed by atoms with E-state index in [4.69, 9.17) is 17.0 Å². The molecule has 0 spiro atoms. The first-order valence-corrected chi connectivity index (χ1v) is 9.34. The molecule has 0 heterocycles. The molecule has 2 rings (SSSR count). The number of nitrogens with one attached hydrogen (secondary N) is 3. The third-order valence-corrected chi connectivity index (χ3v) is 3.82. The normalized spacial score (nSPS) is 10.4. The number of para-hydroxylation sites is 1. The van der Waals surface area contributed by atoms with Crippen LogP contribution in [0.25, 0.3) is 6.08 Å². The highest BCUT2D eigenvalue weighted by molar-refractivity contribution is 7.80. The Morgan fingerprint density at radius 2 is 1.79 bits per heavy atom. The Hall–Kier alpha value is -3.19. The quantitative estimate of drug-likeness (QED) is 0.493. The molecule has 3 N–H and O–H groups in total. The average Bonchev–Trinajstić information content (AvgIpc) is 2.68. The minimum absolute atomic E-state index is 0.109. The molecule has 6 nitrogen and oxygen atoms in total. The monoisotopic (exact) mass is 397 g/mol. The Balaban J connectivity index is 1.94. The predicted octanol–water partition coefficient (Wildman–Crippen LogP) is 3.36. The smallest absolute Gasteiger partial charge is 0.253 e. The Bertz CT molecular complexity index is 863. The van der Waals surface area contributed by atoms with Gasteiger partial charge in [0.15, 0.2) is 5.11 Å². The van der Waals surface area contributed by atoms with Gasteiger partial charge in [0.1, 0.15) is 5.75 Å².